The summed E-state index contributed by atoms with van der Waals surface area (Å²) in [5.41, 5.74) is 1.74. The third-order valence-corrected chi connectivity index (χ3v) is 4.99. The van der Waals surface area contributed by atoms with Crippen molar-refractivity contribution >= 4 is 29.6 Å². The van der Waals surface area contributed by atoms with E-state index in [1.54, 1.807) is 12.3 Å². The van der Waals surface area contributed by atoms with Crippen molar-refractivity contribution in [3.05, 3.63) is 76.6 Å². The molecule has 0 fully saturated rings. The maximum Gasteiger partial charge on any atom is 0.257 e. The van der Waals surface area contributed by atoms with E-state index < -0.39 is 11.7 Å². The zero-order chi connectivity index (χ0) is 23.8. The van der Waals surface area contributed by atoms with Crippen molar-refractivity contribution in [2.45, 2.75) is 46.6 Å². The van der Waals surface area contributed by atoms with Gasteiger partial charge < -0.3 is 10.6 Å². The zero-order valence-electron chi connectivity index (χ0n) is 19.5. The molecule has 0 aliphatic heterocycles. The molecule has 1 atom stereocenters. The predicted molar refractivity (Wildman–Crippen MR) is 131 cm³/mol. The Morgan fingerprint density at radius 3 is 2.64 bits per heavy atom. The Morgan fingerprint density at radius 2 is 1.91 bits per heavy atom. The second-order valence-electron chi connectivity index (χ2n) is 8.31. The number of anilines is 2. The second-order valence-corrected chi connectivity index (χ2v) is 8.31. The normalized spacial score (nSPS) is 13.3. The van der Waals surface area contributed by atoms with E-state index in [4.69, 9.17) is 4.98 Å². The van der Waals surface area contributed by atoms with Gasteiger partial charge in [-0.2, -0.15) is 0 Å². The number of carbonyl (C=O) groups is 1. The molecular formula is C26H30FN5O. The molecule has 0 aliphatic rings. The number of rotatable bonds is 8. The lowest BCUT2D eigenvalue weighted by molar-refractivity contribution is 0.102. The molecule has 1 unspecified atom stereocenters. The maximum absolute atomic E-state index is 13.4. The summed E-state index contributed by atoms with van der Waals surface area (Å²) in [4.78, 5) is 25.5. The van der Waals surface area contributed by atoms with E-state index in [0.717, 1.165) is 41.4 Å². The lowest BCUT2D eigenvalue weighted by Gasteiger charge is -2.16. The molecule has 0 aliphatic carbocycles. The standard InChI is InChI=1S/C26H30FN5O/c1-5-7-23-24(11-10-17(2)3)32-25(16-29-23)30-18(4)19-8-6-9-22(13-19)31-26(33)20-12-21(27)15-28-14-20/h6-9,11-18H,5,10H2,1-4H3,(H,30,32)(H,31,33)/b23-7+,24-11-. The summed E-state index contributed by atoms with van der Waals surface area (Å²) in [6.45, 7) is 8.45. The van der Waals surface area contributed by atoms with Gasteiger partial charge in [0.25, 0.3) is 5.91 Å². The van der Waals surface area contributed by atoms with Crippen LogP contribution in [0.5, 0.6) is 0 Å². The number of amides is 1. The van der Waals surface area contributed by atoms with Crippen molar-refractivity contribution < 1.29 is 9.18 Å². The Morgan fingerprint density at radius 1 is 1.09 bits per heavy atom. The first-order valence-corrected chi connectivity index (χ1v) is 11.2. The summed E-state index contributed by atoms with van der Waals surface area (Å²) in [5, 5.41) is 7.97. The Labute approximate surface area is 193 Å². The predicted octanol–water partition coefficient (Wildman–Crippen LogP) is 4.45. The number of pyridine rings is 1. The lowest BCUT2D eigenvalue weighted by Crippen LogP contribution is -2.32. The van der Waals surface area contributed by atoms with Gasteiger partial charge in [0.05, 0.1) is 34.7 Å². The molecule has 0 saturated heterocycles. The molecule has 0 saturated carbocycles. The molecule has 3 aromatic rings. The molecule has 6 nitrogen and oxygen atoms in total. The quantitative estimate of drug-likeness (QED) is 0.533. The first-order valence-electron chi connectivity index (χ1n) is 11.2. The Balaban J connectivity index is 1.77. The van der Waals surface area contributed by atoms with Crippen LogP contribution in [-0.2, 0) is 0 Å². The van der Waals surface area contributed by atoms with E-state index in [9.17, 15) is 9.18 Å². The van der Waals surface area contributed by atoms with Crippen LogP contribution in [0.4, 0.5) is 15.9 Å². The molecule has 3 rings (SSSR count). The fraction of sp³-hybridized carbons (Fsp3) is 0.308. The van der Waals surface area contributed by atoms with E-state index in [0.29, 0.717) is 17.4 Å². The SMILES string of the molecule is CC/C=c1/ncc(NC(C)c2cccc(NC(=O)c3cncc(F)c3)c2)n/c1=C\CC(C)C. The highest BCUT2D eigenvalue weighted by Gasteiger charge is 2.11. The monoisotopic (exact) mass is 447 g/mol. The molecule has 33 heavy (non-hydrogen) atoms. The smallest absolute Gasteiger partial charge is 0.257 e. The van der Waals surface area contributed by atoms with Gasteiger partial charge in [0.2, 0.25) is 0 Å². The van der Waals surface area contributed by atoms with E-state index in [-0.39, 0.29) is 11.6 Å². The van der Waals surface area contributed by atoms with Crippen LogP contribution in [0.25, 0.3) is 12.2 Å². The summed E-state index contributed by atoms with van der Waals surface area (Å²) < 4.78 is 13.4. The fourth-order valence-electron chi connectivity index (χ4n) is 3.26. The summed E-state index contributed by atoms with van der Waals surface area (Å²) in [5.74, 6) is 0.255. The second kappa shape index (κ2) is 11.3. The lowest BCUT2D eigenvalue weighted by atomic mass is 10.1. The number of nitrogens with one attached hydrogen (secondary N) is 2. The van der Waals surface area contributed by atoms with E-state index in [2.05, 4.69) is 53.5 Å². The minimum atomic E-state index is -0.553. The molecule has 1 aromatic carbocycles. The first-order chi connectivity index (χ1) is 15.9. The highest BCUT2D eigenvalue weighted by molar-refractivity contribution is 6.04. The van der Waals surface area contributed by atoms with E-state index in [1.165, 1.54) is 6.20 Å². The topological polar surface area (TPSA) is 79.8 Å². The van der Waals surface area contributed by atoms with Crippen LogP contribution in [0.15, 0.2) is 48.9 Å². The molecular weight excluding hydrogens is 417 g/mol. The van der Waals surface area contributed by atoms with Crippen LogP contribution >= 0.6 is 0 Å². The van der Waals surface area contributed by atoms with Crippen LogP contribution in [0.2, 0.25) is 0 Å². The molecule has 172 valence electrons. The van der Waals surface area contributed by atoms with Crippen molar-refractivity contribution in [1.29, 1.82) is 0 Å². The van der Waals surface area contributed by atoms with Gasteiger partial charge in [0, 0.05) is 11.9 Å². The number of halogens is 1. The molecule has 1 amide bonds. The molecule has 2 heterocycles. The number of nitrogens with zero attached hydrogens (tertiary/aromatic N) is 3. The van der Waals surface area contributed by atoms with Crippen LogP contribution in [0.3, 0.4) is 0 Å². The van der Waals surface area contributed by atoms with Gasteiger partial charge in [-0.05, 0) is 49.4 Å². The van der Waals surface area contributed by atoms with Crippen LogP contribution in [-0.4, -0.2) is 20.9 Å². The highest BCUT2D eigenvalue weighted by atomic mass is 19.1. The molecule has 0 bridgehead atoms. The molecule has 0 radical (unpaired) electrons. The first kappa shape index (κ1) is 24.0. The number of aromatic nitrogens is 3. The van der Waals surface area contributed by atoms with Crippen molar-refractivity contribution in [2.24, 2.45) is 5.92 Å². The van der Waals surface area contributed by atoms with Crippen LogP contribution in [0, 0.1) is 11.7 Å². The average molecular weight is 448 g/mol. The largest absolute Gasteiger partial charge is 0.362 e. The van der Waals surface area contributed by atoms with Crippen molar-refractivity contribution in [3.8, 4) is 0 Å². The summed E-state index contributed by atoms with van der Waals surface area (Å²) in [7, 11) is 0. The number of hydrogen-bond donors (Lipinski definition) is 2. The minimum absolute atomic E-state index is 0.0778. The van der Waals surface area contributed by atoms with Crippen LogP contribution in [0.1, 0.15) is 62.5 Å². The molecule has 7 heteroatoms. The summed E-state index contributed by atoms with van der Waals surface area (Å²) in [6, 6.07) is 8.57. The van der Waals surface area contributed by atoms with Crippen molar-refractivity contribution in [3.63, 3.8) is 0 Å². The Bertz CT molecular complexity index is 1230. The molecule has 2 N–H and O–H groups in total. The Kier molecular flexibility index (Phi) is 8.24. The van der Waals surface area contributed by atoms with Crippen molar-refractivity contribution in [2.75, 3.05) is 10.6 Å². The van der Waals surface area contributed by atoms with Gasteiger partial charge in [-0.3, -0.25) is 14.8 Å². The fourth-order valence-corrected chi connectivity index (χ4v) is 3.26. The third kappa shape index (κ3) is 6.94. The number of hydrogen-bond acceptors (Lipinski definition) is 5. The number of carbonyl (C=O) groups excluding carboxylic acids is 1. The average Bonchev–Trinajstić information content (AvgIpc) is 2.79. The maximum atomic E-state index is 13.4. The van der Waals surface area contributed by atoms with Gasteiger partial charge in [0.15, 0.2) is 0 Å². The van der Waals surface area contributed by atoms with Gasteiger partial charge in [-0.25, -0.2) is 9.37 Å². The van der Waals surface area contributed by atoms with Crippen molar-refractivity contribution in [1.82, 2.24) is 15.0 Å². The summed E-state index contributed by atoms with van der Waals surface area (Å²) in [6.07, 6.45) is 10.2. The van der Waals surface area contributed by atoms with Gasteiger partial charge in [0.1, 0.15) is 11.6 Å². The van der Waals surface area contributed by atoms with Crippen LogP contribution < -0.4 is 21.3 Å². The van der Waals surface area contributed by atoms with Gasteiger partial charge in [-0.15, -0.1) is 0 Å². The van der Waals surface area contributed by atoms with E-state index in [1.807, 2.05) is 25.1 Å². The Hall–Kier alpha value is -3.61. The molecule has 2 aromatic heterocycles. The third-order valence-electron chi connectivity index (χ3n) is 4.99. The van der Waals surface area contributed by atoms with E-state index >= 15 is 0 Å². The summed E-state index contributed by atoms with van der Waals surface area (Å²) >= 11 is 0. The van der Waals surface area contributed by atoms with Gasteiger partial charge in [-0.1, -0.05) is 45.1 Å². The molecule has 0 spiro atoms. The highest BCUT2D eigenvalue weighted by Crippen LogP contribution is 2.21. The zero-order valence-corrected chi connectivity index (χ0v) is 19.5. The minimum Gasteiger partial charge on any atom is -0.362 e. The van der Waals surface area contributed by atoms with Gasteiger partial charge >= 0.3 is 0 Å². The number of benzene rings is 1.